The minimum atomic E-state index is -0.647. The number of hydrogen-bond donors (Lipinski definition) is 2. The van der Waals surface area contributed by atoms with E-state index in [0.717, 1.165) is 23.2 Å². The molecule has 0 aliphatic heterocycles. The maximum Gasteiger partial charge on any atom is 0.328 e. The van der Waals surface area contributed by atoms with Crippen LogP contribution in [-0.4, -0.2) is 25.2 Å². The van der Waals surface area contributed by atoms with Crippen LogP contribution >= 0.6 is 0 Å². The van der Waals surface area contributed by atoms with Gasteiger partial charge in [0, 0.05) is 5.69 Å². The third-order valence-electron chi connectivity index (χ3n) is 3.58. The van der Waals surface area contributed by atoms with Crippen LogP contribution < -0.4 is 10.6 Å². The molecular formula is C16H24N2O3. The van der Waals surface area contributed by atoms with Crippen LogP contribution in [-0.2, 0) is 9.53 Å². The van der Waals surface area contributed by atoms with Gasteiger partial charge >= 0.3 is 12.0 Å². The molecule has 5 nitrogen and oxygen atoms in total. The van der Waals surface area contributed by atoms with Gasteiger partial charge in [0.1, 0.15) is 6.04 Å². The summed E-state index contributed by atoms with van der Waals surface area (Å²) in [5.74, 6) is -0.428. The lowest BCUT2D eigenvalue weighted by atomic mass is 9.99. The van der Waals surface area contributed by atoms with E-state index in [2.05, 4.69) is 10.6 Å². The number of methoxy groups -OCH3 is 1. The molecule has 2 atom stereocenters. The van der Waals surface area contributed by atoms with E-state index in [0.29, 0.717) is 0 Å². The summed E-state index contributed by atoms with van der Waals surface area (Å²) < 4.78 is 4.74. The van der Waals surface area contributed by atoms with E-state index >= 15 is 0 Å². The summed E-state index contributed by atoms with van der Waals surface area (Å²) in [6, 6.07) is 4.71. The fraction of sp³-hybridized carbons (Fsp3) is 0.500. The van der Waals surface area contributed by atoms with Gasteiger partial charge in [0.2, 0.25) is 0 Å². The Hall–Kier alpha value is -2.04. The van der Waals surface area contributed by atoms with Crippen LogP contribution in [0.4, 0.5) is 10.5 Å². The van der Waals surface area contributed by atoms with E-state index in [1.165, 1.54) is 7.11 Å². The quantitative estimate of drug-likeness (QED) is 0.820. The summed E-state index contributed by atoms with van der Waals surface area (Å²) in [5, 5.41) is 5.45. The number of ether oxygens (including phenoxy) is 1. The Morgan fingerprint density at radius 3 is 2.48 bits per heavy atom. The van der Waals surface area contributed by atoms with Gasteiger partial charge in [-0.1, -0.05) is 38.0 Å². The van der Waals surface area contributed by atoms with Crippen LogP contribution in [0.1, 0.15) is 31.4 Å². The maximum atomic E-state index is 12.1. The molecule has 0 saturated heterocycles. The van der Waals surface area contributed by atoms with Crippen LogP contribution in [0.2, 0.25) is 0 Å². The molecule has 1 rings (SSSR count). The van der Waals surface area contributed by atoms with Crippen LogP contribution in [0, 0.1) is 19.8 Å². The van der Waals surface area contributed by atoms with Crippen LogP contribution in [0.3, 0.4) is 0 Å². The van der Waals surface area contributed by atoms with Crippen molar-refractivity contribution in [2.45, 2.75) is 40.2 Å². The monoisotopic (exact) mass is 292 g/mol. The average Bonchev–Trinajstić information content (AvgIpc) is 2.46. The average molecular weight is 292 g/mol. The summed E-state index contributed by atoms with van der Waals surface area (Å²) in [5.41, 5.74) is 2.83. The van der Waals surface area contributed by atoms with Crippen molar-refractivity contribution in [3.63, 3.8) is 0 Å². The van der Waals surface area contributed by atoms with Gasteiger partial charge in [0.25, 0.3) is 0 Å². The second-order valence-corrected chi connectivity index (χ2v) is 5.30. The number of rotatable bonds is 5. The second-order valence-electron chi connectivity index (χ2n) is 5.30. The molecule has 0 aromatic heterocycles. The van der Waals surface area contributed by atoms with Crippen molar-refractivity contribution in [2.75, 3.05) is 12.4 Å². The highest BCUT2D eigenvalue weighted by atomic mass is 16.5. The normalized spacial score (nSPS) is 13.2. The Balaban J connectivity index is 2.76. The Labute approximate surface area is 126 Å². The van der Waals surface area contributed by atoms with E-state index in [9.17, 15) is 9.59 Å². The summed E-state index contributed by atoms with van der Waals surface area (Å²) in [4.78, 5) is 23.8. The fourth-order valence-electron chi connectivity index (χ4n) is 2.05. The van der Waals surface area contributed by atoms with Crippen molar-refractivity contribution in [1.82, 2.24) is 5.32 Å². The van der Waals surface area contributed by atoms with Gasteiger partial charge in [0.15, 0.2) is 0 Å². The minimum absolute atomic E-state index is 0.00214. The molecule has 1 aromatic rings. The lowest BCUT2D eigenvalue weighted by Crippen LogP contribution is -2.47. The van der Waals surface area contributed by atoms with E-state index < -0.39 is 18.0 Å². The molecule has 1 aromatic carbocycles. The molecule has 0 saturated carbocycles. The predicted molar refractivity (Wildman–Crippen MR) is 83.3 cm³/mol. The summed E-state index contributed by atoms with van der Waals surface area (Å²) in [6.45, 7) is 7.78. The largest absolute Gasteiger partial charge is 0.467 e. The van der Waals surface area contributed by atoms with Gasteiger partial charge in [-0.25, -0.2) is 9.59 Å². The highest BCUT2D eigenvalue weighted by Gasteiger charge is 2.26. The topological polar surface area (TPSA) is 67.4 Å². The third kappa shape index (κ3) is 4.77. The Kier molecular flexibility index (Phi) is 6.21. The van der Waals surface area contributed by atoms with Crippen LogP contribution in [0.25, 0.3) is 0 Å². The first-order valence-corrected chi connectivity index (χ1v) is 7.11. The number of urea groups is 1. The third-order valence-corrected chi connectivity index (χ3v) is 3.58. The molecule has 0 fully saturated rings. The predicted octanol–water partition coefficient (Wildman–Crippen LogP) is 3.01. The number of nitrogens with one attached hydrogen (secondary N) is 2. The van der Waals surface area contributed by atoms with Gasteiger partial charge in [-0.05, 0) is 31.4 Å². The number of carbonyl (C=O) groups excluding carboxylic acids is 2. The molecule has 116 valence electrons. The molecule has 21 heavy (non-hydrogen) atoms. The Morgan fingerprint density at radius 2 is 1.95 bits per heavy atom. The smallest absolute Gasteiger partial charge is 0.328 e. The Bertz CT molecular complexity index is 514. The maximum absolute atomic E-state index is 12.1. The summed E-state index contributed by atoms with van der Waals surface area (Å²) in [7, 11) is 1.32. The van der Waals surface area contributed by atoms with Crippen molar-refractivity contribution >= 4 is 17.7 Å². The van der Waals surface area contributed by atoms with Crippen molar-refractivity contribution in [1.29, 1.82) is 0 Å². The second kappa shape index (κ2) is 7.67. The van der Waals surface area contributed by atoms with Gasteiger partial charge in [-0.3, -0.25) is 0 Å². The molecule has 0 aliphatic carbocycles. The highest BCUT2D eigenvalue weighted by Crippen LogP contribution is 2.16. The molecule has 5 heteroatoms. The number of amides is 2. The van der Waals surface area contributed by atoms with E-state index in [1.807, 2.05) is 45.9 Å². The lowest BCUT2D eigenvalue weighted by Gasteiger charge is -2.22. The zero-order valence-corrected chi connectivity index (χ0v) is 13.3. The Morgan fingerprint density at radius 1 is 1.29 bits per heavy atom. The number of hydrogen-bond acceptors (Lipinski definition) is 3. The first-order chi connectivity index (χ1) is 9.88. The molecule has 0 aliphatic rings. The molecular weight excluding hydrogens is 268 g/mol. The van der Waals surface area contributed by atoms with Crippen LogP contribution in [0.15, 0.2) is 18.2 Å². The summed E-state index contributed by atoms with van der Waals surface area (Å²) >= 11 is 0. The first kappa shape index (κ1) is 17.0. The zero-order valence-electron chi connectivity index (χ0n) is 13.3. The lowest BCUT2D eigenvalue weighted by molar-refractivity contribution is -0.144. The summed E-state index contributed by atoms with van der Waals surface area (Å²) in [6.07, 6.45) is 0.767. The van der Waals surface area contributed by atoms with Gasteiger partial charge < -0.3 is 15.4 Å². The SMILES string of the molecule is CC[C@@H](C)[C@@H](NC(=O)Nc1ccc(C)cc1C)C(=O)OC. The number of aryl methyl sites for hydroxylation is 2. The van der Waals surface area contributed by atoms with E-state index in [4.69, 9.17) is 4.74 Å². The highest BCUT2D eigenvalue weighted by molar-refractivity contribution is 5.93. The van der Waals surface area contributed by atoms with Crippen molar-refractivity contribution in [3.05, 3.63) is 29.3 Å². The zero-order chi connectivity index (χ0) is 16.0. The fourth-order valence-corrected chi connectivity index (χ4v) is 2.05. The van der Waals surface area contributed by atoms with E-state index in [1.54, 1.807) is 0 Å². The van der Waals surface area contributed by atoms with E-state index in [-0.39, 0.29) is 5.92 Å². The molecule has 0 unspecified atom stereocenters. The molecule has 2 N–H and O–H groups in total. The molecule has 0 bridgehead atoms. The van der Waals surface area contributed by atoms with Crippen molar-refractivity contribution < 1.29 is 14.3 Å². The number of benzene rings is 1. The first-order valence-electron chi connectivity index (χ1n) is 7.11. The van der Waals surface area contributed by atoms with Gasteiger partial charge in [0.05, 0.1) is 7.11 Å². The number of carbonyl (C=O) groups is 2. The molecule has 0 spiro atoms. The standard InChI is InChI=1S/C16H24N2O3/c1-6-11(3)14(15(19)21-5)18-16(20)17-13-8-7-10(2)9-12(13)4/h7-9,11,14H,6H2,1-5H3,(H2,17,18,20)/t11-,14-/m1/s1. The molecule has 2 amide bonds. The van der Waals surface area contributed by atoms with Crippen LogP contribution in [0.5, 0.6) is 0 Å². The molecule has 0 radical (unpaired) electrons. The number of anilines is 1. The van der Waals surface area contributed by atoms with Crippen molar-refractivity contribution in [3.8, 4) is 0 Å². The van der Waals surface area contributed by atoms with Gasteiger partial charge in [-0.15, -0.1) is 0 Å². The molecule has 0 heterocycles. The number of esters is 1. The van der Waals surface area contributed by atoms with Crippen molar-refractivity contribution in [2.24, 2.45) is 5.92 Å². The minimum Gasteiger partial charge on any atom is -0.467 e. The van der Waals surface area contributed by atoms with Gasteiger partial charge in [-0.2, -0.15) is 0 Å².